The van der Waals surface area contributed by atoms with Gasteiger partial charge in [-0.3, -0.25) is 0 Å². The second-order valence-corrected chi connectivity index (χ2v) is 4.60. The van der Waals surface area contributed by atoms with Gasteiger partial charge in [-0.1, -0.05) is 18.2 Å². The molecule has 1 aromatic heterocycles. The van der Waals surface area contributed by atoms with E-state index in [4.69, 9.17) is 10.2 Å². The highest BCUT2D eigenvalue weighted by molar-refractivity contribution is 5.53. The monoisotopic (exact) mass is 228 g/mol. The van der Waals surface area contributed by atoms with Crippen molar-refractivity contribution < 1.29 is 4.42 Å². The van der Waals surface area contributed by atoms with Gasteiger partial charge in [-0.2, -0.15) is 0 Å². The van der Waals surface area contributed by atoms with E-state index < -0.39 is 0 Å². The second-order valence-electron chi connectivity index (χ2n) is 4.60. The Balaban J connectivity index is 1.93. The van der Waals surface area contributed by atoms with E-state index in [0.717, 1.165) is 48.7 Å². The van der Waals surface area contributed by atoms with E-state index in [9.17, 15) is 0 Å². The maximum atomic E-state index is 5.86. The smallest absolute Gasteiger partial charge is 0.226 e. The Morgan fingerprint density at radius 2 is 2.12 bits per heavy atom. The summed E-state index contributed by atoms with van der Waals surface area (Å²) in [5.74, 6) is 2.33. The third-order valence-electron chi connectivity index (χ3n) is 3.40. The van der Waals surface area contributed by atoms with Gasteiger partial charge in [0.05, 0.1) is 5.69 Å². The number of nitrogens with two attached hydrogens (primary N) is 1. The van der Waals surface area contributed by atoms with E-state index >= 15 is 0 Å². The largest absolute Gasteiger partial charge is 0.441 e. The number of aryl methyl sites for hydroxylation is 1. The van der Waals surface area contributed by atoms with Crippen molar-refractivity contribution in [3.05, 3.63) is 41.8 Å². The summed E-state index contributed by atoms with van der Waals surface area (Å²) in [4.78, 5) is 4.58. The third-order valence-corrected chi connectivity index (χ3v) is 3.40. The van der Waals surface area contributed by atoms with E-state index in [-0.39, 0.29) is 0 Å². The summed E-state index contributed by atoms with van der Waals surface area (Å²) in [6, 6.07) is 10.1. The Bertz CT molecular complexity index is 504. The molecule has 0 amide bonds. The lowest BCUT2D eigenvalue weighted by molar-refractivity contribution is 0.401. The number of oxazole rings is 1. The van der Waals surface area contributed by atoms with Crippen molar-refractivity contribution in [2.45, 2.75) is 19.3 Å². The SMILES string of the molecule is NCC1CCc2nc(-c3ccccc3)oc2C1. The van der Waals surface area contributed by atoms with Crippen LogP contribution in [0.15, 0.2) is 34.7 Å². The van der Waals surface area contributed by atoms with Crippen LogP contribution >= 0.6 is 0 Å². The van der Waals surface area contributed by atoms with E-state index in [2.05, 4.69) is 4.98 Å². The van der Waals surface area contributed by atoms with Crippen molar-refractivity contribution in [2.75, 3.05) is 6.54 Å². The molecule has 2 N–H and O–H groups in total. The van der Waals surface area contributed by atoms with Crippen LogP contribution in [0.3, 0.4) is 0 Å². The Labute approximate surface area is 101 Å². The van der Waals surface area contributed by atoms with E-state index in [1.165, 1.54) is 0 Å². The average molecular weight is 228 g/mol. The van der Waals surface area contributed by atoms with E-state index in [1.54, 1.807) is 0 Å². The van der Waals surface area contributed by atoms with E-state index in [1.807, 2.05) is 30.3 Å². The molecule has 0 aliphatic heterocycles. The second kappa shape index (κ2) is 4.34. The fourth-order valence-electron chi connectivity index (χ4n) is 2.35. The molecule has 1 heterocycles. The molecule has 0 bridgehead atoms. The quantitative estimate of drug-likeness (QED) is 0.858. The van der Waals surface area contributed by atoms with Crippen LogP contribution in [0, 0.1) is 5.92 Å². The summed E-state index contributed by atoms with van der Waals surface area (Å²) in [6.45, 7) is 0.737. The standard InChI is InChI=1S/C14H16N2O/c15-9-10-6-7-12-13(8-10)17-14(16-12)11-4-2-1-3-5-11/h1-5,10H,6-9,15H2. The molecule has 0 saturated carbocycles. The fraction of sp³-hybridized carbons (Fsp3) is 0.357. The zero-order valence-electron chi connectivity index (χ0n) is 9.73. The van der Waals surface area contributed by atoms with E-state index in [0.29, 0.717) is 5.92 Å². The molecule has 3 rings (SSSR count). The number of fused-ring (bicyclic) bond motifs is 1. The highest BCUT2D eigenvalue weighted by atomic mass is 16.4. The Hall–Kier alpha value is -1.61. The molecule has 0 saturated heterocycles. The van der Waals surface area contributed by atoms with Gasteiger partial charge in [0.2, 0.25) is 5.89 Å². The molecular formula is C14H16N2O. The molecule has 3 nitrogen and oxygen atoms in total. The molecular weight excluding hydrogens is 212 g/mol. The first-order valence-corrected chi connectivity index (χ1v) is 6.11. The summed E-state index contributed by atoms with van der Waals surface area (Å²) in [5, 5.41) is 0. The maximum Gasteiger partial charge on any atom is 0.226 e. The zero-order valence-corrected chi connectivity index (χ0v) is 9.73. The lowest BCUT2D eigenvalue weighted by Gasteiger charge is -2.17. The summed E-state index contributed by atoms with van der Waals surface area (Å²) in [5.41, 5.74) is 7.88. The lowest BCUT2D eigenvalue weighted by atomic mass is 9.91. The molecule has 2 aromatic rings. The summed E-state index contributed by atoms with van der Waals surface area (Å²) in [6.07, 6.45) is 3.06. The minimum atomic E-state index is 0.555. The van der Waals surface area contributed by atoms with Crippen molar-refractivity contribution >= 4 is 0 Å². The normalized spacial score (nSPS) is 19.0. The lowest BCUT2D eigenvalue weighted by Crippen LogP contribution is -2.21. The molecule has 1 aliphatic rings. The molecule has 1 atom stereocenters. The first-order chi connectivity index (χ1) is 8.36. The van der Waals surface area contributed by atoms with Crippen LogP contribution in [0.25, 0.3) is 11.5 Å². The predicted octanol–water partition coefficient (Wildman–Crippen LogP) is 2.41. The predicted molar refractivity (Wildman–Crippen MR) is 66.5 cm³/mol. The first-order valence-electron chi connectivity index (χ1n) is 6.11. The Morgan fingerprint density at radius 3 is 2.88 bits per heavy atom. The topological polar surface area (TPSA) is 52.0 Å². The number of aromatic nitrogens is 1. The van der Waals surface area contributed by atoms with Crippen molar-refractivity contribution in [1.82, 2.24) is 4.98 Å². The molecule has 0 fully saturated rings. The van der Waals surface area contributed by atoms with Gasteiger partial charge in [-0.25, -0.2) is 4.98 Å². The first kappa shape index (κ1) is 10.5. The number of rotatable bonds is 2. The van der Waals surface area contributed by atoms with Crippen molar-refractivity contribution in [2.24, 2.45) is 11.7 Å². The van der Waals surface area contributed by atoms with Crippen LogP contribution < -0.4 is 5.73 Å². The highest BCUT2D eigenvalue weighted by Crippen LogP contribution is 2.29. The molecule has 3 heteroatoms. The number of benzene rings is 1. The van der Waals surface area contributed by atoms with Gasteiger partial charge >= 0.3 is 0 Å². The van der Waals surface area contributed by atoms with Crippen LogP contribution in [0.1, 0.15) is 17.9 Å². The van der Waals surface area contributed by atoms with Gasteiger partial charge in [0.15, 0.2) is 0 Å². The third kappa shape index (κ3) is 1.98. The van der Waals surface area contributed by atoms with Crippen LogP contribution in [0.4, 0.5) is 0 Å². The molecule has 0 radical (unpaired) electrons. The van der Waals surface area contributed by atoms with Crippen LogP contribution in [0.2, 0.25) is 0 Å². The molecule has 1 aromatic carbocycles. The summed E-state index contributed by atoms with van der Waals surface area (Å²) < 4.78 is 5.86. The Morgan fingerprint density at radius 1 is 1.29 bits per heavy atom. The molecule has 17 heavy (non-hydrogen) atoms. The van der Waals surface area contributed by atoms with Crippen LogP contribution in [-0.2, 0) is 12.8 Å². The van der Waals surface area contributed by atoms with Crippen molar-refractivity contribution in [3.63, 3.8) is 0 Å². The van der Waals surface area contributed by atoms with Gasteiger partial charge in [0, 0.05) is 12.0 Å². The summed E-state index contributed by atoms with van der Waals surface area (Å²) >= 11 is 0. The average Bonchev–Trinajstić information content (AvgIpc) is 2.82. The molecule has 1 aliphatic carbocycles. The minimum Gasteiger partial charge on any atom is -0.441 e. The molecule has 1 unspecified atom stereocenters. The highest BCUT2D eigenvalue weighted by Gasteiger charge is 2.23. The van der Waals surface area contributed by atoms with Crippen LogP contribution in [0.5, 0.6) is 0 Å². The molecule has 0 spiro atoms. The summed E-state index contributed by atoms with van der Waals surface area (Å²) in [7, 11) is 0. The number of hydrogen-bond acceptors (Lipinski definition) is 3. The van der Waals surface area contributed by atoms with Crippen LogP contribution in [-0.4, -0.2) is 11.5 Å². The van der Waals surface area contributed by atoms with Crippen molar-refractivity contribution in [1.29, 1.82) is 0 Å². The Kier molecular flexibility index (Phi) is 2.69. The molecule has 88 valence electrons. The van der Waals surface area contributed by atoms with Crippen molar-refractivity contribution in [3.8, 4) is 11.5 Å². The van der Waals surface area contributed by atoms with Gasteiger partial charge in [-0.15, -0.1) is 0 Å². The van der Waals surface area contributed by atoms with Gasteiger partial charge in [-0.05, 0) is 37.4 Å². The van der Waals surface area contributed by atoms with Gasteiger partial charge < -0.3 is 10.2 Å². The van der Waals surface area contributed by atoms with Gasteiger partial charge in [0.1, 0.15) is 5.76 Å². The zero-order chi connectivity index (χ0) is 11.7. The number of hydrogen-bond donors (Lipinski definition) is 1. The minimum absolute atomic E-state index is 0.555. The fourth-order valence-corrected chi connectivity index (χ4v) is 2.35. The van der Waals surface area contributed by atoms with Gasteiger partial charge in [0.25, 0.3) is 0 Å². The maximum absolute atomic E-state index is 5.86. The number of nitrogens with zero attached hydrogens (tertiary/aromatic N) is 1.